The van der Waals surface area contributed by atoms with Gasteiger partial charge in [-0.05, 0) is 42.7 Å². The first-order valence-electron chi connectivity index (χ1n) is 8.54. The Kier molecular flexibility index (Phi) is 5.14. The third kappa shape index (κ3) is 4.17. The number of hydrogen-bond donors (Lipinski definition) is 2. The molecule has 130 valence electrons. The number of nitrogens with one attached hydrogen (secondary N) is 2. The molecule has 0 aliphatic carbocycles. The van der Waals surface area contributed by atoms with E-state index in [0.29, 0.717) is 23.1 Å². The molecule has 26 heavy (non-hydrogen) atoms. The molecule has 0 atom stereocenters. The van der Waals surface area contributed by atoms with E-state index >= 15 is 0 Å². The summed E-state index contributed by atoms with van der Waals surface area (Å²) in [5, 5.41) is 15.7. The Balaban J connectivity index is 1.88. The number of anilines is 4. The highest BCUT2D eigenvalue weighted by Crippen LogP contribution is 2.27. The predicted molar refractivity (Wildman–Crippen MR) is 105 cm³/mol. The lowest BCUT2D eigenvalue weighted by molar-refractivity contribution is 0.868. The van der Waals surface area contributed by atoms with Crippen LogP contribution in [0, 0.1) is 18.3 Å². The summed E-state index contributed by atoms with van der Waals surface area (Å²) in [6.45, 7) is 6.19. The number of nitrogens with zero attached hydrogens (tertiary/aromatic N) is 3. The number of para-hydroxylation sites is 1. The molecule has 3 rings (SSSR count). The molecule has 0 radical (unpaired) electrons. The minimum Gasteiger partial charge on any atom is -0.340 e. The van der Waals surface area contributed by atoms with Crippen LogP contribution in [-0.4, -0.2) is 9.97 Å². The van der Waals surface area contributed by atoms with Gasteiger partial charge in [-0.15, -0.1) is 0 Å². The van der Waals surface area contributed by atoms with Crippen molar-refractivity contribution in [3.63, 3.8) is 0 Å². The first-order chi connectivity index (χ1) is 12.5. The average Bonchev–Trinajstić information content (AvgIpc) is 2.61. The fourth-order valence-electron chi connectivity index (χ4n) is 2.76. The summed E-state index contributed by atoms with van der Waals surface area (Å²) in [5.74, 6) is 2.48. The molecule has 3 aromatic rings. The van der Waals surface area contributed by atoms with Gasteiger partial charge >= 0.3 is 0 Å². The third-order valence-corrected chi connectivity index (χ3v) is 3.95. The van der Waals surface area contributed by atoms with E-state index in [4.69, 9.17) is 5.26 Å². The second kappa shape index (κ2) is 7.66. The molecular formula is C21H21N5. The van der Waals surface area contributed by atoms with Gasteiger partial charge in [-0.2, -0.15) is 5.26 Å². The fourth-order valence-corrected chi connectivity index (χ4v) is 2.76. The maximum Gasteiger partial charge on any atom is 0.136 e. The van der Waals surface area contributed by atoms with E-state index in [9.17, 15) is 0 Å². The number of aryl methyl sites for hydroxylation is 1. The fraction of sp³-hybridized carbons (Fsp3) is 0.190. The average molecular weight is 343 g/mol. The molecular weight excluding hydrogens is 322 g/mol. The number of aromatic nitrogens is 2. The van der Waals surface area contributed by atoms with Crippen molar-refractivity contribution < 1.29 is 0 Å². The van der Waals surface area contributed by atoms with Gasteiger partial charge in [0.25, 0.3) is 0 Å². The Bertz CT molecular complexity index is 957. The monoisotopic (exact) mass is 343 g/mol. The summed E-state index contributed by atoms with van der Waals surface area (Å²) in [4.78, 5) is 8.93. The van der Waals surface area contributed by atoms with Gasteiger partial charge in [0, 0.05) is 17.4 Å². The summed E-state index contributed by atoms with van der Waals surface area (Å²) >= 11 is 0. The highest BCUT2D eigenvalue weighted by atomic mass is 15.1. The minimum absolute atomic E-state index is 0.410. The van der Waals surface area contributed by atoms with E-state index in [2.05, 4.69) is 52.7 Å². The molecule has 1 heterocycles. The second-order valence-electron chi connectivity index (χ2n) is 6.37. The highest BCUT2D eigenvalue weighted by Gasteiger charge is 2.08. The Hall–Kier alpha value is -3.39. The first kappa shape index (κ1) is 17.4. The van der Waals surface area contributed by atoms with Crippen molar-refractivity contribution in [2.75, 3.05) is 10.6 Å². The van der Waals surface area contributed by atoms with Gasteiger partial charge in [0.2, 0.25) is 0 Å². The van der Waals surface area contributed by atoms with Gasteiger partial charge < -0.3 is 10.6 Å². The van der Waals surface area contributed by atoms with Crippen molar-refractivity contribution in [2.45, 2.75) is 26.7 Å². The summed E-state index contributed by atoms with van der Waals surface area (Å²) in [7, 11) is 0. The molecule has 0 saturated heterocycles. The number of nitriles is 1. The lowest BCUT2D eigenvalue weighted by Crippen LogP contribution is -2.03. The van der Waals surface area contributed by atoms with E-state index in [1.54, 1.807) is 12.1 Å². The Morgan fingerprint density at radius 2 is 1.65 bits per heavy atom. The maximum absolute atomic E-state index is 9.04. The SMILES string of the molecule is Cc1nc(Nc2cccc(C#N)c2)cc(Nc2ccccc2C(C)C)n1. The van der Waals surface area contributed by atoms with Crippen LogP contribution in [0.1, 0.15) is 36.7 Å². The van der Waals surface area contributed by atoms with Gasteiger partial charge in [-0.25, -0.2) is 9.97 Å². The van der Waals surface area contributed by atoms with Crippen LogP contribution >= 0.6 is 0 Å². The van der Waals surface area contributed by atoms with Crippen molar-refractivity contribution in [1.29, 1.82) is 5.26 Å². The molecule has 0 aliphatic heterocycles. The van der Waals surface area contributed by atoms with Crippen LogP contribution in [0.2, 0.25) is 0 Å². The number of rotatable bonds is 5. The standard InChI is InChI=1S/C21H21N5/c1-14(2)18-9-4-5-10-19(18)26-21-12-20(23-15(3)24-21)25-17-8-6-7-16(11-17)13-22/h4-12,14H,1-3H3,(H2,23,24,25,26). The van der Waals surface area contributed by atoms with Gasteiger partial charge in [-0.1, -0.05) is 38.1 Å². The van der Waals surface area contributed by atoms with Gasteiger partial charge in [-0.3, -0.25) is 0 Å². The number of benzene rings is 2. The molecule has 2 N–H and O–H groups in total. The van der Waals surface area contributed by atoms with Crippen molar-refractivity contribution >= 4 is 23.0 Å². The van der Waals surface area contributed by atoms with Crippen molar-refractivity contribution in [3.8, 4) is 6.07 Å². The van der Waals surface area contributed by atoms with Crippen LogP contribution in [0.4, 0.5) is 23.0 Å². The van der Waals surface area contributed by atoms with Crippen molar-refractivity contribution in [1.82, 2.24) is 9.97 Å². The Labute approximate surface area is 153 Å². The van der Waals surface area contributed by atoms with Crippen LogP contribution < -0.4 is 10.6 Å². The van der Waals surface area contributed by atoms with Gasteiger partial charge in [0.15, 0.2) is 0 Å². The van der Waals surface area contributed by atoms with E-state index in [0.717, 1.165) is 17.2 Å². The second-order valence-corrected chi connectivity index (χ2v) is 6.37. The van der Waals surface area contributed by atoms with E-state index in [-0.39, 0.29) is 0 Å². The molecule has 5 heteroatoms. The Morgan fingerprint density at radius 3 is 2.38 bits per heavy atom. The topological polar surface area (TPSA) is 73.6 Å². The molecule has 0 unspecified atom stereocenters. The van der Waals surface area contributed by atoms with E-state index in [1.807, 2.05) is 37.3 Å². The molecule has 1 aromatic heterocycles. The molecule has 0 amide bonds. The zero-order valence-corrected chi connectivity index (χ0v) is 15.1. The summed E-state index contributed by atoms with van der Waals surface area (Å²) in [6, 6.07) is 19.5. The minimum atomic E-state index is 0.410. The smallest absolute Gasteiger partial charge is 0.136 e. The number of hydrogen-bond acceptors (Lipinski definition) is 5. The molecule has 0 bridgehead atoms. The van der Waals surface area contributed by atoms with Crippen LogP contribution in [0.3, 0.4) is 0 Å². The molecule has 0 saturated carbocycles. The zero-order chi connectivity index (χ0) is 18.5. The predicted octanol–water partition coefficient (Wildman–Crippen LogP) is 5.27. The van der Waals surface area contributed by atoms with Gasteiger partial charge in [0.1, 0.15) is 17.5 Å². The van der Waals surface area contributed by atoms with Crippen LogP contribution in [-0.2, 0) is 0 Å². The van der Waals surface area contributed by atoms with Crippen LogP contribution in [0.5, 0.6) is 0 Å². The maximum atomic E-state index is 9.04. The van der Waals surface area contributed by atoms with Crippen molar-refractivity contribution in [2.24, 2.45) is 0 Å². The van der Waals surface area contributed by atoms with Crippen LogP contribution in [0.25, 0.3) is 0 Å². The van der Waals surface area contributed by atoms with Gasteiger partial charge in [0.05, 0.1) is 11.6 Å². The normalized spacial score (nSPS) is 10.4. The van der Waals surface area contributed by atoms with E-state index < -0.39 is 0 Å². The highest BCUT2D eigenvalue weighted by molar-refractivity contribution is 5.66. The lowest BCUT2D eigenvalue weighted by Gasteiger charge is -2.15. The molecule has 5 nitrogen and oxygen atoms in total. The third-order valence-electron chi connectivity index (χ3n) is 3.95. The molecule has 0 spiro atoms. The molecule has 0 aliphatic rings. The van der Waals surface area contributed by atoms with Crippen LogP contribution in [0.15, 0.2) is 54.6 Å². The summed E-state index contributed by atoms with van der Waals surface area (Å²) < 4.78 is 0. The Morgan fingerprint density at radius 1 is 0.923 bits per heavy atom. The summed E-state index contributed by atoms with van der Waals surface area (Å²) in [6.07, 6.45) is 0. The zero-order valence-electron chi connectivity index (χ0n) is 15.1. The summed E-state index contributed by atoms with van der Waals surface area (Å²) in [5.41, 5.74) is 3.69. The lowest BCUT2D eigenvalue weighted by atomic mass is 10.0. The van der Waals surface area contributed by atoms with Crippen molar-refractivity contribution in [3.05, 3.63) is 71.5 Å². The first-order valence-corrected chi connectivity index (χ1v) is 8.54. The van der Waals surface area contributed by atoms with E-state index in [1.165, 1.54) is 5.56 Å². The quantitative estimate of drug-likeness (QED) is 0.660. The largest absolute Gasteiger partial charge is 0.340 e. The molecule has 2 aromatic carbocycles. The molecule has 0 fully saturated rings.